The largest absolute Gasteiger partial charge is 0.497 e. The zero-order valence-electron chi connectivity index (χ0n) is 9.96. The molecule has 5 heteroatoms. The van der Waals surface area contributed by atoms with Gasteiger partial charge >= 0.3 is 0 Å². The molecule has 0 fully saturated rings. The predicted molar refractivity (Wildman–Crippen MR) is 70.1 cm³/mol. The number of halogens is 4. The molecule has 0 amide bonds. The first-order valence-electron chi connectivity index (χ1n) is 5.45. The second kappa shape index (κ2) is 5.65. The van der Waals surface area contributed by atoms with Crippen molar-refractivity contribution in [1.82, 2.24) is 0 Å². The smallest absolute Gasteiger partial charge is 0.134 e. The summed E-state index contributed by atoms with van der Waals surface area (Å²) in [5, 5.41) is 0. The van der Waals surface area contributed by atoms with E-state index < -0.39 is 22.3 Å². The molecule has 2 aromatic carbocycles. The van der Waals surface area contributed by atoms with Gasteiger partial charge in [-0.15, -0.1) is 0 Å². The van der Waals surface area contributed by atoms with Gasteiger partial charge in [0, 0.05) is 17.7 Å². The summed E-state index contributed by atoms with van der Waals surface area (Å²) in [7, 11) is 1.33. The molecule has 0 heterocycles. The summed E-state index contributed by atoms with van der Waals surface area (Å²) in [5.41, 5.74) is 0.259. The minimum atomic E-state index is -0.769. The molecule has 0 bridgehead atoms. The van der Waals surface area contributed by atoms with E-state index in [9.17, 15) is 13.2 Å². The highest BCUT2D eigenvalue weighted by atomic mass is 79.9. The van der Waals surface area contributed by atoms with E-state index in [4.69, 9.17) is 4.74 Å². The third kappa shape index (κ3) is 2.92. The topological polar surface area (TPSA) is 9.23 Å². The monoisotopic (exact) mass is 330 g/mol. The van der Waals surface area contributed by atoms with Crippen LogP contribution < -0.4 is 4.74 Å². The first-order valence-corrected chi connectivity index (χ1v) is 6.37. The van der Waals surface area contributed by atoms with Crippen molar-refractivity contribution >= 4 is 15.9 Å². The second-order valence-electron chi connectivity index (χ2n) is 3.92. The van der Waals surface area contributed by atoms with Gasteiger partial charge in [0.05, 0.1) is 11.9 Å². The maximum atomic E-state index is 13.9. The van der Waals surface area contributed by atoms with Crippen molar-refractivity contribution in [2.45, 2.75) is 4.83 Å². The fraction of sp³-hybridized carbons (Fsp3) is 0.143. The van der Waals surface area contributed by atoms with Crippen LogP contribution in [0.5, 0.6) is 5.75 Å². The molecule has 0 aliphatic heterocycles. The van der Waals surface area contributed by atoms with Gasteiger partial charge in [0.15, 0.2) is 0 Å². The number of alkyl halides is 1. The van der Waals surface area contributed by atoms with E-state index in [1.807, 2.05) is 0 Å². The first-order chi connectivity index (χ1) is 9.02. The number of benzene rings is 2. The maximum absolute atomic E-state index is 13.9. The lowest BCUT2D eigenvalue weighted by atomic mass is 10.0. The lowest BCUT2D eigenvalue weighted by Crippen LogP contribution is -2.02. The molecule has 0 radical (unpaired) electrons. The molecule has 1 atom stereocenters. The van der Waals surface area contributed by atoms with Gasteiger partial charge in [-0.3, -0.25) is 0 Å². The number of hydrogen-bond donors (Lipinski definition) is 0. The number of methoxy groups -OCH3 is 1. The van der Waals surface area contributed by atoms with Gasteiger partial charge in [0.25, 0.3) is 0 Å². The van der Waals surface area contributed by atoms with E-state index in [0.29, 0.717) is 5.56 Å². The lowest BCUT2D eigenvalue weighted by molar-refractivity contribution is 0.405. The highest BCUT2D eigenvalue weighted by Gasteiger charge is 2.21. The van der Waals surface area contributed by atoms with Gasteiger partial charge in [-0.2, -0.15) is 0 Å². The molecule has 0 spiro atoms. The summed E-state index contributed by atoms with van der Waals surface area (Å²) in [5.74, 6) is -1.86. The van der Waals surface area contributed by atoms with Crippen LogP contribution in [0.3, 0.4) is 0 Å². The molecule has 0 saturated carbocycles. The highest BCUT2D eigenvalue weighted by Crippen LogP contribution is 2.36. The molecule has 2 rings (SSSR count). The molecule has 0 saturated heterocycles. The Hall–Kier alpha value is -1.49. The molecule has 1 unspecified atom stereocenters. The lowest BCUT2D eigenvalue weighted by Gasteiger charge is -2.14. The summed E-state index contributed by atoms with van der Waals surface area (Å²) in [4.78, 5) is -0.769. The van der Waals surface area contributed by atoms with E-state index in [-0.39, 0.29) is 11.3 Å². The predicted octanol–water partition coefficient (Wildman–Crippen LogP) is 4.60. The normalized spacial score (nSPS) is 12.3. The molecular weight excluding hydrogens is 321 g/mol. The number of hydrogen-bond acceptors (Lipinski definition) is 1. The van der Waals surface area contributed by atoms with Crippen molar-refractivity contribution in [3.05, 3.63) is 65.0 Å². The number of ether oxygens (including phenoxy) is 1. The molecule has 1 nitrogen and oxygen atoms in total. The van der Waals surface area contributed by atoms with Crippen molar-refractivity contribution in [3.8, 4) is 5.75 Å². The molecule has 0 N–H and O–H groups in total. The maximum Gasteiger partial charge on any atom is 0.134 e. The Balaban J connectivity index is 2.47. The van der Waals surface area contributed by atoms with E-state index in [0.717, 1.165) is 12.1 Å². The van der Waals surface area contributed by atoms with Gasteiger partial charge < -0.3 is 4.74 Å². The van der Waals surface area contributed by atoms with E-state index in [1.54, 1.807) is 6.07 Å². The average Bonchev–Trinajstić information content (AvgIpc) is 2.37. The average molecular weight is 331 g/mol. The third-order valence-electron chi connectivity index (χ3n) is 2.68. The second-order valence-corrected chi connectivity index (χ2v) is 4.84. The number of rotatable bonds is 3. The molecule has 100 valence electrons. The van der Waals surface area contributed by atoms with Crippen molar-refractivity contribution in [2.75, 3.05) is 7.11 Å². The van der Waals surface area contributed by atoms with Crippen molar-refractivity contribution in [1.29, 1.82) is 0 Å². The Morgan fingerprint density at radius 2 is 1.68 bits per heavy atom. The Bertz CT molecular complexity index is 578. The van der Waals surface area contributed by atoms with E-state index in [1.165, 1.54) is 25.3 Å². The standard InChI is InChI=1S/C14H10BrF3O/c1-19-10-6-11(17)13(12(18)7-10)14(15)8-3-2-4-9(16)5-8/h2-7,14H,1H3. The zero-order chi connectivity index (χ0) is 14.0. The minimum absolute atomic E-state index is 0.0951. The van der Waals surface area contributed by atoms with Crippen LogP contribution in [0.1, 0.15) is 16.0 Å². The van der Waals surface area contributed by atoms with Crippen LogP contribution in [0.4, 0.5) is 13.2 Å². The summed E-state index contributed by atoms with van der Waals surface area (Å²) in [6.07, 6.45) is 0. The Morgan fingerprint density at radius 1 is 1.05 bits per heavy atom. The summed E-state index contributed by atoms with van der Waals surface area (Å²) in [6.45, 7) is 0. The minimum Gasteiger partial charge on any atom is -0.497 e. The Morgan fingerprint density at radius 3 is 2.21 bits per heavy atom. The fourth-order valence-corrected chi connectivity index (χ4v) is 2.47. The molecular formula is C14H10BrF3O. The fourth-order valence-electron chi connectivity index (χ4n) is 1.75. The molecule has 0 aliphatic rings. The van der Waals surface area contributed by atoms with Crippen LogP contribution in [0, 0.1) is 17.5 Å². The van der Waals surface area contributed by atoms with E-state index in [2.05, 4.69) is 15.9 Å². The van der Waals surface area contributed by atoms with Gasteiger partial charge in [-0.1, -0.05) is 28.1 Å². The zero-order valence-corrected chi connectivity index (χ0v) is 11.5. The molecule has 0 aromatic heterocycles. The SMILES string of the molecule is COc1cc(F)c(C(Br)c2cccc(F)c2)c(F)c1. The quantitative estimate of drug-likeness (QED) is 0.747. The molecule has 0 aliphatic carbocycles. The van der Waals surface area contributed by atoms with Crippen LogP contribution in [0.25, 0.3) is 0 Å². The Labute approximate surface area is 117 Å². The van der Waals surface area contributed by atoms with Gasteiger partial charge in [0.2, 0.25) is 0 Å². The third-order valence-corrected chi connectivity index (χ3v) is 3.67. The van der Waals surface area contributed by atoms with Crippen molar-refractivity contribution in [3.63, 3.8) is 0 Å². The summed E-state index contributed by atoms with van der Waals surface area (Å²) < 4.78 is 45.7. The van der Waals surface area contributed by atoms with Crippen molar-refractivity contribution in [2.24, 2.45) is 0 Å². The summed E-state index contributed by atoms with van der Waals surface area (Å²) >= 11 is 3.19. The molecule has 2 aromatic rings. The van der Waals surface area contributed by atoms with Gasteiger partial charge in [-0.05, 0) is 17.7 Å². The Kier molecular flexibility index (Phi) is 4.14. The van der Waals surface area contributed by atoms with Crippen LogP contribution >= 0.6 is 15.9 Å². The van der Waals surface area contributed by atoms with Crippen LogP contribution in [0.2, 0.25) is 0 Å². The highest BCUT2D eigenvalue weighted by molar-refractivity contribution is 9.09. The summed E-state index contributed by atoms with van der Waals surface area (Å²) in [6, 6.07) is 7.74. The molecule has 19 heavy (non-hydrogen) atoms. The first kappa shape index (κ1) is 13.9. The van der Waals surface area contributed by atoms with Crippen LogP contribution in [-0.4, -0.2) is 7.11 Å². The van der Waals surface area contributed by atoms with Crippen molar-refractivity contribution < 1.29 is 17.9 Å². The van der Waals surface area contributed by atoms with Crippen LogP contribution in [0.15, 0.2) is 36.4 Å². The van der Waals surface area contributed by atoms with Crippen LogP contribution in [-0.2, 0) is 0 Å². The van der Waals surface area contributed by atoms with Gasteiger partial charge in [-0.25, -0.2) is 13.2 Å². The van der Waals surface area contributed by atoms with Gasteiger partial charge in [0.1, 0.15) is 23.2 Å². The van der Waals surface area contributed by atoms with E-state index >= 15 is 0 Å².